The minimum Gasteiger partial charge on any atom is -0.367 e. The van der Waals surface area contributed by atoms with Crippen LogP contribution in [-0.4, -0.2) is 13.1 Å². The maximum Gasteiger partial charge on any atom is 0.0440 e. The molecule has 0 unspecified atom stereocenters. The number of hydrogen-bond acceptors (Lipinski definition) is 3. The Labute approximate surface area is 119 Å². The number of benzene rings is 1. The summed E-state index contributed by atoms with van der Waals surface area (Å²) in [6, 6.07) is 11.3. The number of fused-ring (bicyclic) bond motifs is 1. The SMILES string of the molecule is CCNCc1ccc(N2CCc3sccc3C2)cc1. The minimum atomic E-state index is 0.964. The van der Waals surface area contributed by atoms with E-state index in [2.05, 4.69) is 52.9 Å². The predicted molar refractivity (Wildman–Crippen MR) is 82.9 cm³/mol. The van der Waals surface area contributed by atoms with E-state index >= 15 is 0 Å². The fourth-order valence-corrected chi connectivity index (χ4v) is 3.45. The highest BCUT2D eigenvalue weighted by Crippen LogP contribution is 2.27. The Hall–Kier alpha value is -1.32. The van der Waals surface area contributed by atoms with Gasteiger partial charge in [-0.3, -0.25) is 0 Å². The van der Waals surface area contributed by atoms with Crippen molar-refractivity contribution in [3.05, 3.63) is 51.7 Å². The van der Waals surface area contributed by atoms with Gasteiger partial charge in [-0.2, -0.15) is 0 Å². The molecule has 0 saturated heterocycles. The average Bonchev–Trinajstić information content (AvgIpc) is 2.93. The Bertz CT molecular complexity index is 530. The summed E-state index contributed by atoms with van der Waals surface area (Å²) in [5.74, 6) is 0. The number of hydrogen-bond donors (Lipinski definition) is 1. The average molecular weight is 272 g/mol. The molecule has 2 nitrogen and oxygen atoms in total. The van der Waals surface area contributed by atoms with Crippen LogP contribution in [0.4, 0.5) is 5.69 Å². The lowest BCUT2D eigenvalue weighted by Gasteiger charge is -2.29. The van der Waals surface area contributed by atoms with E-state index in [-0.39, 0.29) is 0 Å². The fraction of sp³-hybridized carbons (Fsp3) is 0.375. The number of thiophene rings is 1. The monoisotopic (exact) mass is 272 g/mol. The van der Waals surface area contributed by atoms with Crippen molar-refractivity contribution in [1.82, 2.24) is 5.32 Å². The molecule has 1 aromatic carbocycles. The second-order valence-electron chi connectivity index (χ2n) is 4.99. The molecule has 0 amide bonds. The van der Waals surface area contributed by atoms with Crippen LogP contribution in [0.2, 0.25) is 0 Å². The quantitative estimate of drug-likeness (QED) is 0.917. The lowest BCUT2D eigenvalue weighted by atomic mass is 10.1. The van der Waals surface area contributed by atoms with Crippen LogP contribution in [0, 0.1) is 0 Å². The Kier molecular flexibility index (Phi) is 3.85. The highest BCUT2D eigenvalue weighted by molar-refractivity contribution is 7.10. The summed E-state index contributed by atoms with van der Waals surface area (Å²) < 4.78 is 0. The van der Waals surface area contributed by atoms with Gasteiger partial charge in [0.15, 0.2) is 0 Å². The molecule has 0 spiro atoms. The molecule has 0 aliphatic carbocycles. The molecular formula is C16H20N2S. The van der Waals surface area contributed by atoms with Gasteiger partial charge in [-0.05, 0) is 47.7 Å². The first-order valence-electron chi connectivity index (χ1n) is 6.96. The molecule has 0 saturated carbocycles. The van der Waals surface area contributed by atoms with Crippen LogP contribution in [0.25, 0.3) is 0 Å². The van der Waals surface area contributed by atoms with Gasteiger partial charge >= 0.3 is 0 Å². The van der Waals surface area contributed by atoms with Crippen molar-refractivity contribution in [3.8, 4) is 0 Å². The first-order chi connectivity index (χ1) is 9.36. The second kappa shape index (κ2) is 5.76. The molecule has 0 atom stereocenters. The summed E-state index contributed by atoms with van der Waals surface area (Å²) in [6.07, 6.45) is 1.19. The van der Waals surface area contributed by atoms with Gasteiger partial charge in [-0.15, -0.1) is 11.3 Å². The fourth-order valence-electron chi connectivity index (χ4n) is 2.56. The van der Waals surface area contributed by atoms with Gasteiger partial charge in [0.05, 0.1) is 0 Å². The summed E-state index contributed by atoms with van der Waals surface area (Å²) >= 11 is 1.90. The first kappa shape index (κ1) is 12.7. The van der Waals surface area contributed by atoms with Crippen LogP contribution in [0.3, 0.4) is 0 Å². The third-order valence-corrected chi connectivity index (χ3v) is 4.71. The van der Waals surface area contributed by atoms with Gasteiger partial charge in [0.2, 0.25) is 0 Å². The van der Waals surface area contributed by atoms with Crippen molar-refractivity contribution in [1.29, 1.82) is 0 Å². The van der Waals surface area contributed by atoms with E-state index < -0.39 is 0 Å². The van der Waals surface area contributed by atoms with Gasteiger partial charge in [-0.1, -0.05) is 19.1 Å². The van der Waals surface area contributed by atoms with Crippen LogP contribution in [-0.2, 0) is 19.5 Å². The van der Waals surface area contributed by atoms with Gasteiger partial charge < -0.3 is 10.2 Å². The van der Waals surface area contributed by atoms with Crippen LogP contribution < -0.4 is 10.2 Å². The molecule has 1 N–H and O–H groups in total. The van der Waals surface area contributed by atoms with Gasteiger partial charge in [-0.25, -0.2) is 0 Å². The predicted octanol–water partition coefficient (Wildman–Crippen LogP) is 3.42. The molecule has 19 heavy (non-hydrogen) atoms. The largest absolute Gasteiger partial charge is 0.367 e. The Balaban J connectivity index is 1.70. The first-order valence-corrected chi connectivity index (χ1v) is 7.84. The summed E-state index contributed by atoms with van der Waals surface area (Å²) in [4.78, 5) is 4.05. The molecule has 1 aliphatic heterocycles. The number of anilines is 1. The highest BCUT2D eigenvalue weighted by Gasteiger charge is 2.17. The third kappa shape index (κ3) is 2.82. The summed E-state index contributed by atoms with van der Waals surface area (Å²) in [5.41, 5.74) is 4.21. The van der Waals surface area contributed by atoms with E-state index in [1.807, 2.05) is 11.3 Å². The molecular weight excluding hydrogens is 252 g/mol. The number of rotatable bonds is 4. The summed E-state index contributed by atoms with van der Waals surface area (Å²) in [6.45, 7) is 6.33. The zero-order valence-electron chi connectivity index (χ0n) is 11.4. The Morgan fingerprint density at radius 2 is 2.05 bits per heavy atom. The molecule has 1 aliphatic rings. The topological polar surface area (TPSA) is 15.3 Å². The summed E-state index contributed by atoms with van der Waals surface area (Å²) in [7, 11) is 0. The zero-order chi connectivity index (χ0) is 13.1. The molecule has 3 rings (SSSR count). The van der Waals surface area contributed by atoms with Crippen molar-refractivity contribution < 1.29 is 0 Å². The van der Waals surface area contributed by atoms with Crippen LogP contribution >= 0.6 is 11.3 Å². The van der Waals surface area contributed by atoms with E-state index in [4.69, 9.17) is 0 Å². The van der Waals surface area contributed by atoms with E-state index in [0.717, 1.165) is 26.2 Å². The zero-order valence-corrected chi connectivity index (χ0v) is 12.2. The molecule has 0 radical (unpaired) electrons. The molecule has 0 fully saturated rings. The highest BCUT2D eigenvalue weighted by atomic mass is 32.1. The van der Waals surface area contributed by atoms with Gasteiger partial charge in [0, 0.05) is 30.2 Å². The second-order valence-corrected chi connectivity index (χ2v) is 5.99. The van der Waals surface area contributed by atoms with Crippen molar-refractivity contribution in [2.75, 3.05) is 18.0 Å². The summed E-state index contributed by atoms with van der Waals surface area (Å²) in [5, 5.41) is 5.58. The minimum absolute atomic E-state index is 0.964. The molecule has 2 aromatic rings. The van der Waals surface area contributed by atoms with Crippen molar-refractivity contribution >= 4 is 17.0 Å². The molecule has 2 heterocycles. The maximum atomic E-state index is 3.36. The molecule has 0 bridgehead atoms. The molecule has 3 heteroatoms. The van der Waals surface area contributed by atoms with E-state index in [9.17, 15) is 0 Å². The Morgan fingerprint density at radius 3 is 2.84 bits per heavy atom. The third-order valence-electron chi connectivity index (χ3n) is 3.69. The van der Waals surface area contributed by atoms with E-state index in [1.165, 1.54) is 23.2 Å². The van der Waals surface area contributed by atoms with E-state index in [0.29, 0.717) is 0 Å². The Morgan fingerprint density at radius 1 is 1.21 bits per heavy atom. The molecule has 100 valence electrons. The van der Waals surface area contributed by atoms with Crippen LogP contribution in [0.5, 0.6) is 0 Å². The van der Waals surface area contributed by atoms with Crippen LogP contribution in [0.15, 0.2) is 35.7 Å². The van der Waals surface area contributed by atoms with Crippen LogP contribution in [0.1, 0.15) is 22.9 Å². The lowest BCUT2D eigenvalue weighted by Crippen LogP contribution is -2.29. The normalized spacial score (nSPS) is 14.5. The van der Waals surface area contributed by atoms with Crippen molar-refractivity contribution in [2.24, 2.45) is 0 Å². The van der Waals surface area contributed by atoms with Crippen molar-refractivity contribution in [2.45, 2.75) is 26.4 Å². The van der Waals surface area contributed by atoms with Gasteiger partial charge in [0.25, 0.3) is 0 Å². The number of nitrogens with zero attached hydrogens (tertiary/aromatic N) is 1. The number of nitrogens with one attached hydrogen (secondary N) is 1. The standard InChI is InChI=1S/C16H20N2S/c1-2-17-11-13-3-5-15(6-4-13)18-9-7-16-14(12-18)8-10-19-16/h3-6,8,10,17H,2,7,9,11-12H2,1H3. The molecule has 1 aromatic heterocycles. The maximum absolute atomic E-state index is 3.36. The smallest absolute Gasteiger partial charge is 0.0440 e. The van der Waals surface area contributed by atoms with E-state index in [1.54, 1.807) is 4.88 Å². The van der Waals surface area contributed by atoms with Gasteiger partial charge in [0.1, 0.15) is 0 Å². The van der Waals surface area contributed by atoms with Crippen molar-refractivity contribution in [3.63, 3.8) is 0 Å². The lowest BCUT2D eigenvalue weighted by molar-refractivity contribution is 0.724.